The van der Waals surface area contributed by atoms with E-state index in [2.05, 4.69) is 30.2 Å². The average Bonchev–Trinajstić information content (AvgIpc) is 3.20. The summed E-state index contributed by atoms with van der Waals surface area (Å²) in [5, 5.41) is 12.9. The molecule has 1 aromatic carbocycles. The van der Waals surface area contributed by atoms with Crippen molar-refractivity contribution in [2.75, 3.05) is 11.9 Å². The Hall–Kier alpha value is -3.76. The molecule has 33 heavy (non-hydrogen) atoms. The fourth-order valence-electron chi connectivity index (χ4n) is 3.20. The largest absolute Gasteiger partial charge is 0.385 e. The Morgan fingerprint density at radius 1 is 1.27 bits per heavy atom. The summed E-state index contributed by atoms with van der Waals surface area (Å²) in [4.78, 5) is 44.4. The van der Waals surface area contributed by atoms with Gasteiger partial charge >= 0.3 is 0 Å². The van der Waals surface area contributed by atoms with E-state index in [-0.39, 0.29) is 17.8 Å². The molecule has 10 heteroatoms. The lowest BCUT2D eigenvalue weighted by Crippen LogP contribution is -2.11. The van der Waals surface area contributed by atoms with E-state index in [0.717, 1.165) is 21.4 Å². The van der Waals surface area contributed by atoms with Gasteiger partial charge in [-0.2, -0.15) is 0 Å². The highest BCUT2D eigenvalue weighted by molar-refractivity contribution is 7.22. The van der Waals surface area contributed by atoms with Gasteiger partial charge in [0.15, 0.2) is 16.4 Å². The van der Waals surface area contributed by atoms with Gasteiger partial charge in [-0.25, -0.2) is 15.0 Å². The fraction of sp³-hybridized carbons (Fsp3) is 0.217. The lowest BCUT2D eigenvalue weighted by Gasteiger charge is -2.08. The molecule has 3 N–H and O–H groups in total. The lowest BCUT2D eigenvalue weighted by atomic mass is 10.0. The Kier molecular flexibility index (Phi) is 6.66. The Morgan fingerprint density at radius 3 is 2.76 bits per heavy atom. The molecule has 0 bridgehead atoms. The van der Waals surface area contributed by atoms with Crippen LogP contribution < -0.4 is 10.7 Å². The summed E-state index contributed by atoms with van der Waals surface area (Å²) in [5.41, 5.74) is 3.46. The van der Waals surface area contributed by atoms with Crippen molar-refractivity contribution < 1.29 is 9.90 Å². The van der Waals surface area contributed by atoms with E-state index in [9.17, 15) is 14.7 Å². The molecule has 9 nitrogen and oxygen atoms in total. The van der Waals surface area contributed by atoms with E-state index in [1.807, 2.05) is 19.1 Å². The monoisotopic (exact) mass is 462 g/mol. The molecule has 0 saturated heterocycles. The minimum absolute atomic E-state index is 0.125. The van der Waals surface area contributed by atoms with E-state index in [4.69, 9.17) is 0 Å². The number of aromatic amines is 1. The smallest absolute Gasteiger partial charge is 0.231 e. The maximum Gasteiger partial charge on any atom is 0.231 e. The molecule has 1 atom stereocenters. The number of pyridine rings is 1. The molecule has 0 aliphatic carbocycles. The summed E-state index contributed by atoms with van der Waals surface area (Å²) < 4.78 is 0.819. The van der Waals surface area contributed by atoms with Crippen LogP contribution in [0.15, 0.2) is 52.6 Å². The number of thiazole rings is 1. The van der Waals surface area contributed by atoms with Crippen LogP contribution in [0.4, 0.5) is 5.13 Å². The second kappa shape index (κ2) is 9.80. The van der Waals surface area contributed by atoms with Gasteiger partial charge in [0.2, 0.25) is 5.91 Å². The summed E-state index contributed by atoms with van der Waals surface area (Å²) in [6.45, 7) is 4.12. The maximum atomic E-state index is 12.2. The van der Waals surface area contributed by atoms with Crippen LogP contribution in [0.5, 0.6) is 0 Å². The molecule has 0 spiro atoms. The summed E-state index contributed by atoms with van der Waals surface area (Å²) in [6, 6.07) is 6.77. The van der Waals surface area contributed by atoms with Crippen molar-refractivity contribution in [1.82, 2.24) is 19.9 Å². The van der Waals surface area contributed by atoms with Crippen molar-refractivity contribution >= 4 is 38.8 Å². The third kappa shape index (κ3) is 5.18. The molecule has 0 radical (unpaired) electrons. The van der Waals surface area contributed by atoms with Crippen molar-refractivity contribution in [3.05, 3.63) is 58.9 Å². The van der Waals surface area contributed by atoms with Crippen LogP contribution in [0.2, 0.25) is 0 Å². The number of carbonyl (C=O) groups excluding carboxylic acids is 1. The van der Waals surface area contributed by atoms with Gasteiger partial charge in [-0.05, 0) is 31.5 Å². The standard InChI is InChI=1S/C23H22N6O3S/c1-3-24-6-5-20(32)29-23-28-19-9-14(15-11-26-22(13(2)30)27-12-15)8-17(21(19)33-23)18-10-16(31)4-7-25-18/h4,6-13,30H,3,5H2,1-2H3,(H,25,31)(H,28,29,32). The number of hydrogen-bond acceptors (Lipinski definition) is 8. The SMILES string of the molecule is CCN=CCC(=O)Nc1nc2cc(-c3cnc(C(C)O)nc3)cc(-c3cc(=O)cc[nH]3)c2s1. The van der Waals surface area contributed by atoms with Crippen LogP contribution in [-0.4, -0.2) is 43.7 Å². The highest BCUT2D eigenvalue weighted by Gasteiger charge is 2.16. The molecular weight excluding hydrogens is 440 g/mol. The molecule has 1 unspecified atom stereocenters. The minimum Gasteiger partial charge on any atom is -0.385 e. The zero-order valence-electron chi connectivity index (χ0n) is 18.1. The summed E-state index contributed by atoms with van der Waals surface area (Å²) in [6.07, 6.45) is 5.84. The molecule has 3 aromatic heterocycles. The van der Waals surface area contributed by atoms with Crippen LogP contribution in [0.1, 0.15) is 32.2 Å². The molecular formula is C23H22N6O3S. The van der Waals surface area contributed by atoms with Crippen molar-refractivity contribution in [2.45, 2.75) is 26.4 Å². The number of aliphatic imine (C=N–C) groups is 1. The number of H-pyrrole nitrogens is 1. The van der Waals surface area contributed by atoms with Gasteiger partial charge in [0.25, 0.3) is 0 Å². The molecule has 0 fully saturated rings. The number of nitrogens with one attached hydrogen (secondary N) is 2. The Morgan fingerprint density at radius 2 is 2.06 bits per heavy atom. The van der Waals surface area contributed by atoms with Crippen molar-refractivity contribution in [3.63, 3.8) is 0 Å². The first-order valence-electron chi connectivity index (χ1n) is 10.4. The highest BCUT2D eigenvalue weighted by atomic mass is 32.1. The third-order valence-electron chi connectivity index (χ3n) is 4.77. The Bertz CT molecular complexity index is 1380. The van der Waals surface area contributed by atoms with Gasteiger partial charge in [-0.3, -0.25) is 14.6 Å². The number of aromatic nitrogens is 4. The van der Waals surface area contributed by atoms with Gasteiger partial charge in [0.05, 0.1) is 22.3 Å². The Labute approximate surface area is 193 Å². The summed E-state index contributed by atoms with van der Waals surface area (Å²) >= 11 is 1.33. The van der Waals surface area contributed by atoms with E-state index < -0.39 is 6.10 Å². The van der Waals surface area contributed by atoms with Gasteiger partial charge in [0.1, 0.15) is 6.10 Å². The normalized spacial score (nSPS) is 12.3. The summed E-state index contributed by atoms with van der Waals surface area (Å²) in [7, 11) is 0. The van der Waals surface area contributed by atoms with Gasteiger partial charge < -0.3 is 15.4 Å². The van der Waals surface area contributed by atoms with Crippen molar-refractivity contribution in [3.8, 4) is 22.4 Å². The second-order valence-electron chi connectivity index (χ2n) is 7.27. The average molecular weight is 463 g/mol. The number of nitrogens with zero attached hydrogens (tertiary/aromatic N) is 4. The Balaban J connectivity index is 1.79. The third-order valence-corrected chi connectivity index (χ3v) is 5.79. The summed E-state index contributed by atoms with van der Waals surface area (Å²) in [5.74, 6) is 0.126. The van der Waals surface area contributed by atoms with Gasteiger partial charge in [0, 0.05) is 54.6 Å². The van der Waals surface area contributed by atoms with Crippen molar-refractivity contribution in [2.24, 2.45) is 4.99 Å². The second-order valence-corrected chi connectivity index (χ2v) is 8.27. The fourth-order valence-corrected chi connectivity index (χ4v) is 4.19. The topological polar surface area (TPSA) is 133 Å². The number of rotatable bonds is 7. The van der Waals surface area contributed by atoms with Crippen LogP contribution in [0, 0.1) is 0 Å². The molecule has 1 amide bonds. The quantitative estimate of drug-likeness (QED) is 0.360. The van der Waals surface area contributed by atoms with Crippen LogP contribution in [0.3, 0.4) is 0 Å². The minimum atomic E-state index is -0.765. The maximum absolute atomic E-state index is 12.2. The number of carbonyl (C=O) groups is 1. The number of fused-ring (bicyclic) bond motifs is 1. The molecule has 168 valence electrons. The van der Waals surface area contributed by atoms with E-state index in [1.165, 1.54) is 23.5 Å². The number of hydrogen-bond donors (Lipinski definition) is 3. The van der Waals surface area contributed by atoms with E-state index in [1.54, 1.807) is 31.7 Å². The molecule has 0 aliphatic heterocycles. The first-order valence-corrected chi connectivity index (χ1v) is 11.2. The van der Waals surface area contributed by atoms with E-state index in [0.29, 0.717) is 28.7 Å². The van der Waals surface area contributed by atoms with Gasteiger partial charge in [-0.15, -0.1) is 0 Å². The number of amides is 1. The highest BCUT2D eigenvalue weighted by Crippen LogP contribution is 2.37. The predicted octanol–water partition coefficient (Wildman–Crippen LogP) is 3.58. The first kappa shape index (κ1) is 22.4. The number of aliphatic hydroxyl groups is 1. The van der Waals surface area contributed by atoms with Crippen LogP contribution in [0.25, 0.3) is 32.6 Å². The zero-order chi connectivity index (χ0) is 23.4. The predicted molar refractivity (Wildman–Crippen MR) is 130 cm³/mol. The van der Waals surface area contributed by atoms with Crippen molar-refractivity contribution in [1.29, 1.82) is 0 Å². The number of benzene rings is 1. The molecule has 3 heterocycles. The molecule has 0 aliphatic rings. The van der Waals surface area contributed by atoms with E-state index >= 15 is 0 Å². The zero-order valence-corrected chi connectivity index (χ0v) is 18.9. The first-order chi connectivity index (χ1) is 15.9. The molecule has 4 aromatic rings. The number of aliphatic hydroxyl groups excluding tert-OH is 1. The lowest BCUT2D eigenvalue weighted by molar-refractivity contribution is -0.115. The van der Waals surface area contributed by atoms with Gasteiger partial charge in [-0.1, -0.05) is 11.3 Å². The van der Waals surface area contributed by atoms with Crippen LogP contribution in [-0.2, 0) is 4.79 Å². The molecule has 4 rings (SSSR count). The van der Waals surface area contributed by atoms with Crippen LogP contribution >= 0.6 is 11.3 Å². The molecule has 0 saturated carbocycles. The number of anilines is 1.